The van der Waals surface area contributed by atoms with Gasteiger partial charge in [0, 0.05) is 35.5 Å². The highest BCUT2D eigenvalue weighted by atomic mass is 19.4. The molecule has 0 spiro atoms. The molecule has 3 rings (SSSR count). The lowest BCUT2D eigenvalue weighted by molar-refractivity contribution is -0.291. The summed E-state index contributed by atoms with van der Waals surface area (Å²) in [4.78, 5) is 15.4. The van der Waals surface area contributed by atoms with Gasteiger partial charge in [-0.1, -0.05) is 18.2 Å². The average molecular weight is 312 g/mol. The normalized spacial score (nSPS) is 25.0. The molecule has 1 aliphatic rings. The molecule has 0 bridgehead atoms. The van der Waals surface area contributed by atoms with Crippen LogP contribution in [0.4, 0.5) is 13.2 Å². The molecule has 3 N–H and O–H groups in total. The molecule has 7 heteroatoms. The summed E-state index contributed by atoms with van der Waals surface area (Å²) in [5.41, 5.74) is -0.798. The summed E-state index contributed by atoms with van der Waals surface area (Å²) in [6.07, 6.45) is -5.68. The van der Waals surface area contributed by atoms with E-state index in [4.69, 9.17) is 0 Å². The molecule has 0 aliphatic heterocycles. The summed E-state index contributed by atoms with van der Waals surface area (Å²) < 4.78 is 37.7. The van der Waals surface area contributed by atoms with Crippen LogP contribution in [0.15, 0.2) is 24.3 Å². The topological polar surface area (TPSA) is 65.1 Å². The number of para-hydroxylation sites is 1. The zero-order chi connectivity index (χ0) is 16.1. The molecular weight excluding hydrogens is 297 g/mol. The first kappa shape index (κ1) is 14.9. The number of carbonyl (C=O) groups is 1. The third-order valence-corrected chi connectivity index (χ3v) is 4.15. The number of amides is 1. The Morgan fingerprint density at radius 3 is 2.64 bits per heavy atom. The minimum absolute atomic E-state index is 0.427. The molecule has 1 aromatic carbocycles. The molecule has 0 unspecified atom stereocenters. The van der Waals surface area contributed by atoms with E-state index in [9.17, 15) is 23.1 Å². The third-order valence-electron chi connectivity index (χ3n) is 4.15. The number of H-pyrrole nitrogens is 1. The van der Waals surface area contributed by atoms with Crippen LogP contribution < -0.4 is 5.32 Å². The Morgan fingerprint density at radius 2 is 2.00 bits per heavy atom. The van der Waals surface area contributed by atoms with Crippen LogP contribution in [0, 0.1) is 6.92 Å². The van der Waals surface area contributed by atoms with Crippen molar-refractivity contribution in [3.05, 3.63) is 35.5 Å². The third kappa shape index (κ3) is 2.25. The molecule has 118 valence electrons. The fourth-order valence-corrected chi connectivity index (χ4v) is 2.92. The molecule has 22 heavy (non-hydrogen) atoms. The first-order valence-electron chi connectivity index (χ1n) is 6.88. The standard InChI is InChI=1S/C15H15F3N2O2/c1-8-12(10-4-2-3-5-11(10)19-8)13(21)20-9-6-14(22,7-9)15(16,17)18/h2-5,9,19,22H,6-7H2,1H3,(H,20,21). The predicted octanol–water partition coefficient (Wildman–Crippen LogP) is 2.66. The molecule has 1 heterocycles. The summed E-state index contributed by atoms with van der Waals surface area (Å²) in [7, 11) is 0. The van der Waals surface area contributed by atoms with E-state index in [1.165, 1.54) is 0 Å². The highest BCUT2D eigenvalue weighted by molar-refractivity contribution is 6.08. The van der Waals surface area contributed by atoms with Crippen LogP contribution in [0.3, 0.4) is 0 Å². The number of benzene rings is 1. The molecule has 4 nitrogen and oxygen atoms in total. The summed E-state index contributed by atoms with van der Waals surface area (Å²) in [6, 6.07) is 6.55. The van der Waals surface area contributed by atoms with Crippen LogP contribution in [0.25, 0.3) is 10.9 Å². The molecule has 1 fully saturated rings. The molecule has 0 radical (unpaired) electrons. The highest BCUT2D eigenvalue weighted by Gasteiger charge is 2.61. The van der Waals surface area contributed by atoms with Crippen LogP contribution in [-0.2, 0) is 0 Å². The molecule has 2 aromatic rings. The second-order valence-corrected chi connectivity index (χ2v) is 5.78. The average Bonchev–Trinajstić information content (AvgIpc) is 2.71. The number of hydrogen-bond donors (Lipinski definition) is 3. The summed E-state index contributed by atoms with van der Waals surface area (Å²) in [6.45, 7) is 1.74. The van der Waals surface area contributed by atoms with Gasteiger partial charge in [-0.2, -0.15) is 13.2 Å². The lowest BCUT2D eigenvalue weighted by Gasteiger charge is -2.44. The van der Waals surface area contributed by atoms with Crippen molar-refractivity contribution in [2.75, 3.05) is 0 Å². The van der Waals surface area contributed by atoms with E-state index in [2.05, 4.69) is 10.3 Å². The van der Waals surface area contributed by atoms with Gasteiger partial charge in [-0.15, -0.1) is 0 Å². The lowest BCUT2D eigenvalue weighted by atomic mass is 9.75. The number of aryl methyl sites for hydroxylation is 1. The Bertz CT molecular complexity index is 730. The number of aliphatic hydroxyl groups is 1. The van der Waals surface area contributed by atoms with Crippen molar-refractivity contribution < 1.29 is 23.1 Å². The van der Waals surface area contributed by atoms with Gasteiger partial charge in [0.05, 0.1) is 5.56 Å². The van der Waals surface area contributed by atoms with Crippen LogP contribution in [-0.4, -0.2) is 33.8 Å². The van der Waals surface area contributed by atoms with Crippen molar-refractivity contribution in [3.8, 4) is 0 Å². The Kier molecular flexibility index (Phi) is 3.21. The second-order valence-electron chi connectivity index (χ2n) is 5.78. The quantitative estimate of drug-likeness (QED) is 0.798. The van der Waals surface area contributed by atoms with Gasteiger partial charge >= 0.3 is 6.18 Å². The van der Waals surface area contributed by atoms with Crippen LogP contribution >= 0.6 is 0 Å². The molecule has 1 amide bonds. The van der Waals surface area contributed by atoms with Gasteiger partial charge in [0.25, 0.3) is 5.91 Å². The number of rotatable bonds is 2. The van der Waals surface area contributed by atoms with Crippen LogP contribution in [0.2, 0.25) is 0 Å². The van der Waals surface area contributed by atoms with Crippen LogP contribution in [0.1, 0.15) is 28.9 Å². The van der Waals surface area contributed by atoms with Gasteiger partial charge in [0.1, 0.15) is 0 Å². The van der Waals surface area contributed by atoms with Crippen molar-refractivity contribution in [1.29, 1.82) is 0 Å². The lowest BCUT2D eigenvalue weighted by Crippen LogP contribution is -2.62. The summed E-state index contributed by atoms with van der Waals surface area (Å²) in [5, 5.41) is 12.7. The predicted molar refractivity (Wildman–Crippen MR) is 74.5 cm³/mol. The first-order valence-corrected chi connectivity index (χ1v) is 6.88. The fraction of sp³-hybridized carbons (Fsp3) is 0.400. The molecule has 1 aliphatic carbocycles. The number of hydrogen-bond acceptors (Lipinski definition) is 2. The number of fused-ring (bicyclic) bond motifs is 1. The second kappa shape index (κ2) is 4.74. The van der Waals surface area contributed by atoms with Gasteiger partial charge in [0.15, 0.2) is 5.60 Å². The minimum Gasteiger partial charge on any atom is -0.380 e. The number of carbonyl (C=O) groups excluding carboxylic acids is 1. The van der Waals surface area contributed by atoms with Gasteiger partial charge in [-0.05, 0) is 13.0 Å². The van der Waals surface area contributed by atoms with Crippen molar-refractivity contribution in [3.63, 3.8) is 0 Å². The SMILES string of the molecule is Cc1[nH]c2ccccc2c1C(=O)NC1CC(O)(C(F)(F)F)C1. The van der Waals surface area contributed by atoms with E-state index < -0.39 is 36.6 Å². The van der Waals surface area contributed by atoms with Gasteiger partial charge in [-0.25, -0.2) is 0 Å². The summed E-state index contributed by atoms with van der Waals surface area (Å²) in [5.74, 6) is -0.427. The van der Waals surface area contributed by atoms with E-state index in [1.807, 2.05) is 12.1 Å². The monoisotopic (exact) mass is 312 g/mol. The van der Waals surface area contributed by atoms with Crippen molar-refractivity contribution >= 4 is 16.8 Å². The van der Waals surface area contributed by atoms with E-state index in [0.29, 0.717) is 11.3 Å². The van der Waals surface area contributed by atoms with Crippen molar-refractivity contribution in [1.82, 2.24) is 10.3 Å². The van der Waals surface area contributed by atoms with E-state index in [-0.39, 0.29) is 0 Å². The maximum absolute atomic E-state index is 12.6. The first-order chi connectivity index (χ1) is 10.2. The summed E-state index contributed by atoms with van der Waals surface area (Å²) >= 11 is 0. The van der Waals surface area contributed by atoms with Crippen LogP contribution in [0.5, 0.6) is 0 Å². The smallest absolute Gasteiger partial charge is 0.380 e. The van der Waals surface area contributed by atoms with E-state index >= 15 is 0 Å². The van der Waals surface area contributed by atoms with Crippen molar-refractivity contribution in [2.45, 2.75) is 37.6 Å². The Balaban J connectivity index is 1.75. The Labute approximate surface area is 124 Å². The number of aromatic amines is 1. The van der Waals surface area contributed by atoms with E-state index in [1.54, 1.807) is 19.1 Å². The number of halogens is 3. The Morgan fingerprint density at radius 1 is 1.36 bits per heavy atom. The molecule has 1 aromatic heterocycles. The zero-order valence-corrected chi connectivity index (χ0v) is 11.8. The van der Waals surface area contributed by atoms with Gasteiger partial charge < -0.3 is 15.4 Å². The van der Waals surface area contributed by atoms with Gasteiger partial charge in [-0.3, -0.25) is 4.79 Å². The van der Waals surface area contributed by atoms with Gasteiger partial charge in [0.2, 0.25) is 0 Å². The highest BCUT2D eigenvalue weighted by Crippen LogP contribution is 2.45. The number of nitrogens with one attached hydrogen (secondary N) is 2. The zero-order valence-electron chi connectivity index (χ0n) is 11.8. The molecular formula is C15H15F3N2O2. The maximum atomic E-state index is 12.6. The maximum Gasteiger partial charge on any atom is 0.417 e. The number of alkyl halides is 3. The molecule has 0 atom stereocenters. The minimum atomic E-state index is -4.66. The van der Waals surface area contributed by atoms with Crippen molar-refractivity contribution in [2.24, 2.45) is 0 Å². The number of aromatic nitrogens is 1. The molecule has 0 saturated heterocycles. The largest absolute Gasteiger partial charge is 0.417 e. The molecule has 1 saturated carbocycles. The Hall–Kier alpha value is -2.02. The fourth-order valence-electron chi connectivity index (χ4n) is 2.92. The van der Waals surface area contributed by atoms with E-state index in [0.717, 1.165) is 10.9 Å².